The third-order valence-corrected chi connectivity index (χ3v) is 3.94. The van der Waals surface area contributed by atoms with Crippen LogP contribution in [0.3, 0.4) is 0 Å². The second kappa shape index (κ2) is 5.90. The van der Waals surface area contributed by atoms with Crippen molar-refractivity contribution in [2.75, 3.05) is 5.32 Å². The number of carbonyl (C=O) groups is 1. The van der Waals surface area contributed by atoms with Crippen LogP contribution in [0.15, 0.2) is 40.9 Å². The Labute approximate surface area is 142 Å². The molecule has 126 valence electrons. The maximum absolute atomic E-state index is 12.3. The third kappa shape index (κ3) is 2.78. The predicted molar refractivity (Wildman–Crippen MR) is 91.9 cm³/mol. The molecular formula is C17H16N6O2. The summed E-state index contributed by atoms with van der Waals surface area (Å²) in [6.07, 6.45) is 0.107. The van der Waals surface area contributed by atoms with Crippen molar-refractivity contribution in [3.05, 3.63) is 47.8 Å². The van der Waals surface area contributed by atoms with Crippen molar-refractivity contribution in [1.82, 2.24) is 25.1 Å². The average molecular weight is 336 g/mol. The molecule has 0 fully saturated rings. The van der Waals surface area contributed by atoms with E-state index in [-0.39, 0.29) is 12.3 Å². The Morgan fingerprint density at radius 3 is 2.92 bits per heavy atom. The molecule has 0 spiro atoms. The molecule has 0 saturated carbocycles. The molecule has 0 atom stereocenters. The molecule has 8 heteroatoms. The quantitative estimate of drug-likeness (QED) is 0.596. The molecule has 0 unspecified atom stereocenters. The summed E-state index contributed by atoms with van der Waals surface area (Å²) >= 11 is 0. The van der Waals surface area contributed by atoms with Gasteiger partial charge in [-0.05, 0) is 6.92 Å². The van der Waals surface area contributed by atoms with Crippen molar-refractivity contribution in [3.63, 3.8) is 0 Å². The van der Waals surface area contributed by atoms with Crippen molar-refractivity contribution in [2.45, 2.75) is 13.3 Å². The zero-order chi connectivity index (χ0) is 17.4. The number of amides is 1. The van der Waals surface area contributed by atoms with E-state index in [2.05, 4.69) is 25.8 Å². The Balaban J connectivity index is 1.50. The summed E-state index contributed by atoms with van der Waals surface area (Å²) in [6, 6.07) is 11.4. The summed E-state index contributed by atoms with van der Waals surface area (Å²) in [6.45, 7) is 1.87. The summed E-state index contributed by atoms with van der Waals surface area (Å²) in [5, 5.41) is 18.9. The Morgan fingerprint density at radius 2 is 2.12 bits per heavy atom. The number of aryl methyl sites for hydroxylation is 2. The highest BCUT2D eigenvalue weighted by Gasteiger charge is 2.17. The van der Waals surface area contributed by atoms with Gasteiger partial charge < -0.3 is 9.84 Å². The van der Waals surface area contributed by atoms with Crippen LogP contribution in [-0.2, 0) is 18.3 Å². The van der Waals surface area contributed by atoms with Gasteiger partial charge in [-0.25, -0.2) is 4.68 Å². The van der Waals surface area contributed by atoms with Gasteiger partial charge in [0.2, 0.25) is 5.91 Å². The van der Waals surface area contributed by atoms with Crippen LogP contribution in [0.5, 0.6) is 0 Å². The van der Waals surface area contributed by atoms with Gasteiger partial charge in [0.25, 0.3) is 0 Å². The molecule has 2 N–H and O–H groups in total. The lowest BCUT2D eigenvalue weighted by molar-refractivity contribution is -0.115. The number of H-pyrrole nitrogens is 1. The zero-order valence-corrected chi connectivity index (χ0v) is 13.8. The smallest absolute Gasteiger partial charge is 0.231 e. The van der Waals surface area contributed by atoms with E-state index in [9.17, 15) is 4.79 Å². The van der Waals surface area contributed by atoms with Gasteiger partial charge in [0, 0.05) is 18.7 Å². The second-order valence-corrected chi connectivity index (χ2v) is 5.78. The van der Waals surface area contributed by atoms with E-state index in [1.807, 2.05) is 44.3 Å². The number of aromatic nitrogens is 5. The van der Waals surface area contributed by atoms with E-state index in [1.165, 1.54) is 0 Å². The van der Waals surface area contributed by atoms with Crippen LogP contribution in [0.2, 0.25) is 0 Å². The summed E-state index contributed by atoms with van der Waals surface area (Å²) in [5.41, 5.74) is 2.98. The first-order valence-electron chi connectivity index (χ1n) is 7.80. The number of hydrogen-bond donors (Lipinski definition) is 2. The van der Waals surface area contributed by atoms with E-state index < -0.39 is 0 Å². The van der Waals surface area contributed by atoms with Crippen LogP contribution in [0.1, 0.15) is 11.4 Å². The Bertz CT molecular complexity index is 1040. The van der Waals surface area contributed by atoms with Crippen LogP contribution >= 0.6 is 0 Å². The molecule has 25 heavy (non-hydrogen) atoms. The van der Waals surface area contributed by atoms with Crippen LogP contribution in [0.25, 0.3) is 22.4 Å². The van der Waals surface area contributed by atoms with Gasteiger partial charge in [0.05, 0.1) is 23.2 Å². The molecule has 0 aliphatic rings. The first-order valence-corrected chi connectivity index (χ1v) is 7.80. The minimum atomic E-state index is -0.207. The maximum atomic E-state index is 12.3. The first-order chi connectivity index (χ1) is 12.1. The number of fused-ring (bicyclic) bond motifs is 1. The number of hydrogen-bond acceptors (Lipinski definition) is 5. The van der Waals surface area contributed by atoms with Crippen LogP contribution in [0.4, 0.5) is 5.82 Å². The minimum Gasteiger partial charge on any atom is -0.356 e. The lowest BCUT2D eigenvalue weighted by Gasteiger charge is -2.00. The molecule has 0 aliphatic carbocycles. The molecular weight excluding hydrogens is 320 g/mol. The van der Waals surface area contributed by atoms with Gasteiger partial charge in [-0.15, -0.1) is 0 Å². The normalized spacial score (nSPS) is 11.1. The molecule has 0 radical (unpaired) electrons. The van der Waals surface area contributed by atoms with Crippen LogP contribution < -0.4 is 5.32 Å². The molecule has 0 aliphatic heterocycles. The SMILES string of the molecule is Cc1nn(C)c2n[nH]c(NC(=O)Cc3cc(-c4ccccc4)on3)c12. The number of carbonyl (C=O) groups excluding carboxylic acids is 1. The summed E-state index contributed by atoms with van der Waals surface area (Å²) in [7, 11) is 1.81. The summed E-state index contributed by atoms with van der Waals surface area (Å²) < 4.78 is 6.98. The molecule has 4 rings (SSSR count). The Kier molecular flexibility index (Phi) is 3.57. The molecule has 1 amide bonds. The van der Waals surface area contributed by atoms with Crippen molar-refractivity contribution < 1.29 is 9.32 Å². The molecule has 1 aromatic carbocycles. The number of nitrogens with one attached hydrogen (secondary N) is 2. The van der Waals surface area contributed by atoms with Crippen molar-refractivity contribution in [1.29, 1.82) is 0 Å². The third-order valence-electron chi connectivity index (χ3n) is 3.94. The first kappa shape index (κ1) is 15.1. The number of nitrogens with zero attached hydrogens (tertiary/aromatic N) is 4. The fourth-order valence-electron chi connectivity index (χ4n) is 2.80. The van der Waals surface area contributed by atoms with Crippen LogP contribution in [-0.4, -0.2) is 31.0 Å². The summed E-state index contributed by atoms with van der Waals surface area (Å²) in [4.78, 5) is 12.3. The predicted octanol–water partition coefficient (Wildman–Crippen LogP) is 2.44. The maximum Gasteiger partial charge on any atom is 0.231 e. The highest BCUT2D eigenvalue weighted by Crippen LogP contribution is 2.24. The van der Waals surface area contributed by atoms with Crippen molar-refractivity contribution in [3.8, 4) is 11.3 Å². The monoisotopic (exact) mass is 336 g/mol. The van der Waals surface area contributed by atoms with Gasteiger partial charge in [-0.3, -0.25) is 9.89 Å². The van der Waals surface area contributed by atoms with Crippen LogP contribution in [0, 0.1) is 6.92 Å². The standard InChI is InChI=1S/C17H16N6O2/c1-10-15-16(19-20-17(15)23(2)21-10)18-14(24)9-12-8-13(25-22-12)11-6-4-3-5-7-11/h3-8H,9H2,1-2H3,(H2,18,19,20,24). The minimum absolute atomic E-state index is 0.107. The van der Waals surface area contributed by atoms with Crippen molar-refractivity contribution >= 4 is 22.8 Å². The Hall–Kier alpha value is -3.42. The van der Waals surface area contributed by atoms with Crippen molar-refractivity contribution in [2.24, 2.45) is 7.05 Å². The second-order valence-electron chi connectivity index (χ2n) is 5.78. The number of aromatic amines is 1. The van der Waals surface area contributed by atoms with E-state index in [0.717, 1.165) is 16.6 Å². The topological polar surface area (TPSA) is 102 Å². The highest BCUT2D eigenvalue weighted by atomic mass is 16.5. The van der Waals surface area contributed by atoms with E-state index in [1.54, 1.807) is 10.7 Å². The number of benzene rings is 1. The lowest BCUT2D eigenvalue weighted by Crippen LogP contribution is -2.15. The molecule has 3 aromatic heterocycles. The lowest BCUT2D eigenvalue weighted by atomic mass is 10.1. The number of anilines is 1. The fourth-order valence-corrected chi connectivity index (χ4v) is 2.80. The van der Waals surface area contributed by atoms with Gasteiger partial charge in [-0.1, -0.05) is 35.5 Å². The molecule has 4 aromatic rings. The van der Waals surface area contributed by atoms with E-state index in [0.29, 0.717) is 22.9 Å². The van der Waals surface area contributed by atoms with Gasteiger partial charge >= 0.3 is 0 Å². The fraction of sp³-hybridized carbons (Fsp3) is 0.176. The van der Waals surface area contributed by atoms with Gasteiger partial charge in [-0.2, -0.15) is 10.2 Å². The number of rotatable bonds is 4. The highest BCUT2D eigenvalue weighted by molar-refractivity contribution is 6.00. The molecule has 8 nitrogen and oxygen atoms in total. The Morgan fingerprint density at radius 1 is 1.32 bits per heavy atom. The average Bonchev–Trinajstić information content (AvgIpc) is 3.28. The van der Waals surface area contributed by atoms with Gasteiger partial charge in [0.1, 0.15) is 5.82 Å². The van der Waals surface area contributed by atoms with E-state index in [4.69, 9.17) is 4.52 Å². The molecule has 0 bridgehead atoms. The zero-order valence-electron chi connectivity index (χ0n) is 13.8. The molecule has 3 heterocycles. The van der Waals surface area contributed by atoms with Gasteiger partial charge in [0.15, 0.2) is 11.4 Å². The largest absolute Gasteiger partial charge is 0.356 e. The van der Waals surface area contributed by atoms with E-state index >= 15 is 0 Å². The molecule has 0 saturated heterocycles. The summed E-state index contributed by atoms with van der Waals surface area (Å²) in [5.74, 6) is 0.967.